The Labute approximate surface area is 191 Å². The summed E-state index contributed by atoms with van der Waals surface area (Å²) < 4.78 is 10.8. The molecule has 1 aliphatic rings. The van der Waals surface area contributed by atoms with E-state index in [2.05, 4.69) is 10.6 Å². The number of rotatable bonds is 10. The molecule has 0 radical (unpaired) electrons. The first kappa shape index (κ1) is 25.5. The van der Waals surface area contributed by atoms with Crippen LogP contribution < -0.4 is 15.4 Å². The summed E-state index contributed by atoms with van der Waals surface area (Å²) in [6.45, 7) is 8.16. The molecule has 0 atom stereocenters. The topological polar surface area (TPSA) is 97.0 Å². The number of likely N-dealkylation sites (tertiary alicyclic amines) is 1. The molecule has 2 rings (SSSR count). The standard InChI is InChI=1S/C24H37N3O5/c1-24(2,3)32-23(30)25-14-11-22(29)27-15-12-19(13-16-27)18-26-21(28)10-7-17-31-20-8-5-4-6-9-20/h4-6,8-9,19H,7,10-18H2,1-3H3,(H,25,30)(H,26,28). The summed E-state index contributed by atoms with van der Waals surface area (Å²) in [4.78, 5) is 37.9. The minimum Gasteiger partial charge on any atom is -0.494 e. The van der Waals surface area contributed by atoms with E-state index in [-0.39, 0.29) is 24.8 Å². The van der Waals surface area contributed by atoms with Crippen LogP contribution in [0.5, 0.6) is 5.75 Å². The highest BCUT2D eigenvalue weighted by molar-refractivity contribution is 5.77. The van der Waals surface area contributed by atoms with Crippen molar-refractivity contribution in [1.29, 1.82) is 0 Å². The Kier molecular flexibility index (Phi) is 10.3. The second kappa shape index (κ2) is 12.9. The maximum absolute atomic E-state index is 12.3. The quantitative estimate of drug-likeness (QED) is 0.537. The Morgan fingerprint density at radius 1 is 1.03 bits per heavy atom. The van der Waals surface area contributed by atoms with Crippen LogP contribution in [0.1, 0.15) is 52.9 Å². The van der Waals surface area contributed by atoms with Crippen molar-refractivity contribution in [3.63, 3.8) is 0 Å². The van der Waals surface area contributed by atoms with E-state index in [1.807, 2.05) is 35.2 Å². The molecule has 3 amide bonds. The largest absolute Gasteiger partial charge is 0.494 e. The molecule has 1 aromatic rings. The normalized spacial score (nSPS) is 14.5. The molecule has 178 valence electrons. The molecule has 0 aliphatic carbocycles. The number of carbonyl (C=O) groups excluding carboxylic acids is 3. The van der Waals surface area contributed by atoms with E-state index in [1.165, 1.54) is 0 Å². The monoisotopic (exact) mass is 447 g/mol. The van der Waals surface area contributed by atoms with Gasteiger partial charge in [0.25, 0.3) is 0 Å². The fourth-order valence-corrected chi connectivity index (χ4v) is 3.42. The highest BCUT2D eigenvalue weighted by atomic mass is 16.6. The molecule has 32 heavy (non-hydrogen) atoms. The van der Waals surface area contributed by atoms with Crippen molar-refractivity contribution in [1.82, 2.24) is 15.5 Å². The highest BCUT2D eigenvalue weighted by Gasteiger charge is 2.23. The van der Waals surface area contributed by atoms with Gasteiger partial charge in [-0.25, -0.2) is 4.79 Å². The van der Waals surface area contributed by atoms with Crippen LogP contribution in [0.4, 0.5) is 4.79 Å². The third kappa shape index (κ3) is 10.5. The summed E-state index contributed by atoms with van der Waals surface area (Å²) in [6.07, 6.45) is 2.59. The Morgan fingerprint density at radius 3 is 2.38 bits per heavy atom. The van der Waals surface area contributed by atoms with Gasteiger partial charge in [-0.1, -0.05) is 18.2 Å². The van der Waals surface area contributed by atoms with Gasteiger partial charge in [-0.05, 0) is 58.1 Å². The third-order valence-electron chi connectivity index (χ3n) is 5.12. The van der Waals surface area contributed by atoms with Gasteiger partial charge in [0.05, 0.1) is 6.61 Å². The average Bonchev–Trinajstić information content (AvgIpc) is 2.75. The van der Waals surface area contributed by atoms with Crippen LogP contribution in [-0.4, -0.2) is 61.2 Å². The predicted octanol–water partition coefficient (Wildman–Crippen LogP) is 3.12. The Hall–Kier alpha value is -2.77. The summed E-state index contributed by atoms with van der Waals surface area (Å²) in [5.74, 6) is 1.26. The maximum atomic E-state index is 12.3. The van der Waals surface area contributed by atoms with E-state index >= 15 is 0 Å². The van der Waals surface area contributed by atoms with Crippen LogP contribution >= 0.6 is 0 Å². The van der Waals surface area contributed by atoms with Crippen molar-refractivity contribution < 1.29 is 23.9 Å². The molecule has 1 aromatic carbocycles. The third-order valence-corrected chi connectivity index (χ3v) is 5.12. The van der Waals surface area contributed by atoms with Crippen molar-refractivity contribution >= 4 is 17.9 Å². The minimum atomic E-state index is -0.554. The average molecular weight is 448 g/mol. The van der Waals surface area contributed by atoms with Gasteiger partial charge in [0.1, 0.15) is 11.4 Å². The molecule has 1 heterocycles. The zero-order valence-electron chi connectivity index (χ0n) is 19.5. The second-order valence-electron chi connectivity index (χ2n) is 9.07. The van der Waals surface area contributed by atoms with E-state index in [0.717, 1.165) is 18.6 Å². The molecule has 0 unspecified atom stereocenters. The van der Waals surface area contributed by atoms with Crippen molar-refractivity contribution in [2.24, 2.45) is 5.92 Å². The lowest BCUT2D eigenvalue weighted by molar-refractivity contribution is -0.132. The second-order valence-corrected chi connectivity index (χ2v) is 9.07. The number of ether oxygens (including phenoxy) is 2. The first-order valence-electron chi connectivity index (χ1n) is 11.4. The van der Waals surface area contributed by atoms with Gasteiger partial charge in [-0.2, -0.15) is 0 Å². The lowest BCUT2D eigenvalue weighted by atomic mass is 9.96. The zero-order valence-corrected chi connectivity index (χ0v) is 19.5. The van der Waals surface area contributed by atoms with Gasteiger partial charge >= 0.3 is 6.09 Å². The van der Waals surface area contributed by atoms with Gasteiger partial charge in [-0.15, -0.1) is 0 Å². The van der Waals surface area contributed by atoms with Crippen LogP contribution in [0.3, 0.4) is 0 Å². The summed E-state index contributed by atoms with van der Waals surface area (Å²) in [5, 5.41) is 5.62. The summed E-state index contributed by atoms with van der Waals surface area (Å²) in [7, 11) is 0. The Bertz CT molecular complexity index is 725. The van der Waals surface area contributed by atoms with Crippen molar-refractivity contribution in [2.45, 2.75) is 58.5 Å². The number of amides is 3. The minimum absolute atomic E-state index is 0.0296. The Balaban J connectivity index is 1.52. The first-order valence-corrected chi connectivity index (χ1v) is 11.4. The fraction of sp³-hybridized carbons (Fsp3) is 0.625. The van der Waals surface area contributed by atoms with Gasteiger partial charge in [-0.3, -0.25) is 9.59 Å². The summed E-state index contributed by atoms with van der Waals surface area (Å²) in [6, 6.07) is 9.57. The smallest absolute Gasteiger partial charge is 0.407 e. The molecule has 0 aromatic heterocycles. The van der Waals surface area contributed by atoms with E-state index < -0.39 is 11.7 Å². The molecule has 0 saturated carbocycles. The molecule has 0 bridgehead atoms. The zero-order chi connectivity index (χ0) is 23.4. The van der Waals surface area contributed by atoms with Gasteiger partial charge in [0.15, 0.2) is 0 Å². The number of nitrogens with one attached hydrogen (secondary N) is 2. The number of benzene rings is 1. The molecule has 1 aliphatic heterocycles. The molecule has 8 heteroatoms. The van der Waals surface area contributed by atoms with Crippen LogP contribution in [0.2, 0.25) is 0 Å². The molecule has 2 N–H and O–H groups in total. The number of nitrogens with zero attached hydrogens (tertiary/aromatic N) is 1. The van der Waals surface area contributed by atoms with E-state index in [0.29, 0.717) is 45.0 Å². The highest BCUT2D eigenvalue weighted by Crippen LogP contribution is 2.17. The SMILES string of the molecule is CC(C)(C)OC(=O)NCCC(=O)N1CCC(CNC(=O)CCCOc2ccccc2)CC1. The summed E-state index contributed by atoms with van der Waals surface area (Å²) in [5.41, 5.74) is -0.554. The van der Waals surface area contributed by atoms with Gasteiger partial charge in [0, 0.05) is 39.0 Å². The molecular formula is C24H37N3O5. The number of carbonyl (C=O) groups is 3. The molecular weight excluding hydrogens is 410 g/mol. The van der Waals surface area contributed by atoms with Crippen LogP contribution in [0.15, 0.2) is 30.3 Å². The number of piperidine rings is 1. The van der Waals surface area contributed by atoms with Crippen molar-refractivity contribution in [3.8, 4) is 5.75 Å². The van der Waals surface area contributed by atoms with Gasteiger partial charge < -0.3 is 25.0 Å². The lowest BCUT2D eigenvalue weighted by Gasteiger charge is -2.32. The molecule has 1 saturated heterocycles. The Morgan fingerprint density at radius 2 is 1.72 bits per heavy atom. The number of hydrogen-bond acceptors (Lipinski definition) is 5. The number of para-hydroxylation sites is 1. The number of hydrogen-bond donors (Lipinski definition) is 2. The van der Waals surface area contributed by atoms with Crippen LogP contribution in [0.25, 0.3) is 0 Å². The van der Waals surface area contributed by atoms with Crippen LogP contribution in [-0.2, 0) is 14.3 Å². The van der Waals surface area contributed by atoms with E-state index in [1.54, 1.807) is 20.8 Å². The molecule has 8 nitrogen and oxygen atoms in total. The first-order chi connectivity index (χ1) is 15.2. The van der Waals surface area contributed by atoms with Gasteiger partial charge in [0.2, 0.25) is 11.8 Å². The number of alkyl carbamates (subject to hydrolysis) is 1. The van der Waals surface area contributed by atoms with Crippen molar-refractivity contribution in [3.05, 3.63) is 30.3 Å². The molecule has 1 fully saturated rings. The maximum Gasteiger partial charge on any atom is 0.407 e. The van der Waals surface area contributed by atoms with Crippen molar-refractivity contribution in [2.75, 3.05) is 32.8 Å². The fourth-order valence-electron chi connectivity index (χ4n) is 3.42. The van der Waals surface area contributed by atoms with E-state index in [9.17, 15) is 14.4 Å². The van der Waals surface area contributed by atoms with E-state index in [4.69, 9.17) is 9.47 Å². The molecule has 0 spiro atoms. The lowest BCUT2D eigenvalue weighted by Crippen LogP contribution is -2.42. The predicted molar refractivity (Wildman–Crippen MR) is 122 cm³/mol. The summed E-state index contributed by atoms with van der Waals surface area (Å²) >= 11 is 0. The van der Waals surface area contributed by atoms with Crippen LogP contribution in [0, 0.1) is 5.92 Å².